The first kappa shape index (κ1) is 14.0. The predicted octanol–water partition coefficient (Wildman–Crippen LogP) is 3.99. The van der Waals surface area contributed by atoms with Gasteiger partial charge in [-0.05, 0) is 63.0 Å². The Morgan fingerprint density at radius 2 is 1.83 bits per heavy atom. The molecule has 0 radical (unpaired) electrons. The molecule has 2 unspecified atom stereocenters. The number of aryl methyl sites for hydroxylation is 3. The largest absolute Gasteiger partial charge is 0.310 e. The number of hydrogen-bond donors (Lipinski definition) is 1. The highest BCUT2D eigenvalue weighted by atomic mass is 32.2. The molecule has 1 aliphatic rings. The molecule has 0 spiro atoms. The van der Waals surface area contributed by atoms with Crippen LogP contribution in [0.3, 0.4) is 0 Å². The third-order valence-corrected chi connectivity index (χ3v) is 5.22. The van der Waals surface area contributed by atoms with Gasteiger partial charge in [0.15, 0.2) is 0 Å². The second kappa shape index (κ2) is 6.12. The van der Waals surface area contributed by atoms with E-state index >= 15 is 0 Å². The van der Waals surface area contributed by atoms with Crippen LogP contribution in [0.5, 0.6) is 0 Å². The van der Waals surface area contributed by atoms with E-state index < -0.39 is 0 Å². The van der Waals surface area contributed by atoms with Gasteiger partial charge in [-0.2, -0.15) is 11.8 Å². The van der Waals surface area contributed by atoms with Gasteiger partial charge in [-0.3, -0.25) is 0 Å². The third kappa shape index (κ3) is 3.30. The summed E-state index contributed by atoms with van der Waals surface area (Å²) in [5.74, 6) is 0. The monoisotopic (exact) mass is 263 g/mol. The molecule has 1 aliphatic carbocycles. The summed E-state index contributed by atoms with van der Waals surface area (Å²) in [7, 11) is 0. The zero-order valence-corrected chi connectivity index (χ0v) is 12.9. The number of hydrogen-bond acceptors (Lipinski definition) is 2. The van der Waals surface area contributed by atoms with Gasteiger partial charge < -0.3 is 5.32 Å². The molecular weight excluding hydrogens is 238 g/mol. The molecule has 100 valence electrons. The molecule has 1 aromatic rings. The van der Waals surface area contributed by atoms with Crippen molar-refractivity contribution in [2.24, 2.45) is 0 Å². The van der Waals surface area contributed by atoms with Crippen LogP contribution in [-0.2, 0) is 6.54 Å². The lowest BCUT2D eigenvalue weighted by Gasteiger charge is -2.16. The van der Waals surface area contributed by atoms with E-state index in [1.807, 2.05) is 11.8 Å². The summed E-state index contributed by atoms with van der Waals surface area (Å²) in [6.45, 7) is 7.67. The molecule has 2 heteroatoms. The van der Waals surface area contributed by atoms with E-state index in [4.69, 9.17) is 0 Å². The summed E-state index contributed by atoms with van der Waals surface area (Å²) in [6, 6.07) is 5.31. The van der Waals surface area contributed by atoms with Gasteiger partial charge in [0.1, 0.15) is 0 Å². The van der Waals surface area contributed by atoms with Crippen molar-refractivity contribution in [1.29, 1.82) is 0 Å². The van der Waals surface area contributed by atoms with Crippen LogP contribution in [0.4, 0.5) is 0 Å². The molecule has 0 bridgehead atoms. The van der Waals surface area contributed by atoms with Gasteiger partial charge in [0.05, 0.1) is 0 Å². The topological polar surface area (TPSA) is 12.0 Å². The van der Waals surface area contributed by atoms with Crippen molar-refractivity contribution in [2.45, 2.75) is 57.9 Å². The standard InChI is InChI=1S/C16H25NS/c1-11-7-12(2)16(13(3)8-11)10-17-14-5-6-15(9-14)18-4/h7-8,14-15,17H,5-6,9-10H2,1-4H3. The third-order valence-electron chi connectivity index (χ3n) is 4.13. The molecule has 0 aromatic heterocycles. The lowest BCUT2D eigenvalue weighted by Crippen LogP contribution is -2.26. The van der Waals surface area contributed by atoms with Crippen molar-refractivity contribution < 1.29 is 0 Å². The van der Waals surface area contributed by atoms with Crippen molar-refractivity contribution in [3.63, 3.8) is 0 Å². The molecule has 1 saturated carbocycles. The lowest BCUT2D eigenvalue weighted by molar-refractivity contribution is 0.523. The van der Waals surface area contributed by atoms with Crippen LogP contribution in [0.25, 0.3) is 0 Å². The maximum absolute atomic E-state index is 3.75. The molecule has 2 rings (SSSR count). The molecule has 0 amide bonds. The molecule has 1 aromatic carbocycles. The van der Waals surface area contributed by atoms with Crippen LogP contribution in [0.15, 0.2) is 12.1 Å². The molecule has 1 nitrogen and oxygen atoms in total. The van der Waals surface area contributed by atoms with E-state index in [2.05, 4.69) is 44.5 Å². The molecular formula is C16H25NS. The van der Waals surface area contributed by atoms with Crippen LogP contribution in [-0.4, -0.2) is 17.5 Å². The highest BCUT2D eigenvalue weighted by molar-refractivity contribution is 7.99. The Balaban J connectivity index is 1.95. The molecule has 1 fully saturated rings. The Morgan fingerprint density at radius 1 is 1.17 bits per heavy atom. The quantitative estimate of drug-likeness (QED) is 0.881. The molecule has 1 N–H and O–H groups in total. The van der Waals surface area contributed by atoms with E-state index in [0.717, 1.165) is 17.8 Å². The second-order valence-corrected chi connectivity index (χ2v) is 6.76. The van der Waals surface area contributed by atoms with E-state index in [0.29, 0.717) is 0 Å². The summed E-state index contributed by atoms with van der Waals surface area (Å²) in [5, 5.41) is 4.63. The molecule has 0 heterocycles. The van der Waals surface area contributed by atoms with Crippen molar-refractivity contribution in [3.8, 4) is 0 Å². The maximum Gasteiger partial charge on any atom is 0.0213 e. The van der Waals surface area contributed by atoms with Gasteiger partial charge in [-0.1, -0.05) is 17.7 Å². The Bertz CT molecular complexity index is 391. The zero-order chi connectivity index (χ0) is 13.1. The van der Waals surface area contributed by atoms with Gasteiger partial charge in [-0.25, -0.2) is 0 Å². The lowest BCUT2D eigenvalue weighted by atomic mass is 9.99. The summed E-state index contributed by atoms with van der Waals surface area (Å²) in [6.07, 6.45) is 6.30. The van der Waals surface area contributed by atoms with Gasteiger partial charge in [0.2, 0.25) is 0 Å². The Kier molecular flexibility index (Phi) is 4.74. The van der Waals surface area contributed by atoms with E-state index in [9.17, 15) is 0 Å². The Hall–Kier alpha value is -0.470. The smallest absolute Gasteiger partial charge is 0.0213 e. The van der Waals surface area contributed by atoms with Crippen LogP contribution in [0, 0.1) is 20.8 Å². The van der Waals surface area contributed by atoms with Crippen LogP contribution < -0.4 is 5.32 Å². The van der Waals surface area contributed by atoms with Crippen LogP contribution in [0.2, 0.25) is 0 Å². The predicted molar refractivity (Wildman–Crippen MR) is 82.4 cm³/mol. The van der Waals surface area contributed by atoms with Crippen molar-refractivity contribution in [2.75, 3.05) is 6.26 Å². The normalized spacial score (nSPS) is 23.6. The maximum atomic E-state index is 3.75. The van der Waals surface area contributed by atoms with E-state index in [-0.39, 0.29) is 0 Å². The molecule has 0 saturated heterocycles. The minimum absolute atomic E-state index is 0.725. The first-order valence-electron chi connectivity index (χ1n) is 6.93. The molecule has 18 heavy (non-hydrogen) atoms. The van der Waals surface area contributed by atoms with Crippen molar-refractivity contribution in [3.05, 3.63) is 34.4 Å². The fourth-order valence-electron chi connectivity index (χ4n) is 3.07. The first-order valence-corrected chi connectivity index (χ1v) is 8.22. The van der Waals surface area contributed by atoms with Crippen molar-refractivity contribution >= 4 is 11.8 Å². The van der Waals surface area contributed by atoms with E-state index in [1.165, 1.54) is 41.5 Å². The summed E-state index contributed by atoms with van der Waals surface area (Å²) < 4.78 is 0. The number of benzene rings is 1. The SMILES string of the molecule is CSC1CCC(NCc2c(C)cc(C)cc2C)C1. The number of nitrogens with one attached hydrogen (secondary N) is 1. The average Bonchev–Trinajstić information content (AvgIpc) is 2.75. The number of thioether (sulfide) groups is 1. The highest BCUT2D eigenvalue weighted by Crippen LogP contribution is 2.28. The minimum Gasteiger partial charge on any atom is -0.310 e. The Morgan fingerprint density at radius 3 is 2.39 bits per heavy atom. The average molecular weight is 263 g/mol. The van der Waals surface area contributed by atoms with Gasteiger partial charge in [0, 0.05) is 17.8 Å². The zero-order valence-electron chi connectivity index (χ0n) is 12.0. The fraction of sp³-hybridized carbons (Fsp3) is 0.625. The van der Waals surface area contributed by atoms with Crippen molar-refractivity contribution in [1.82, 2.24) is 5.32 Å². The number of rotatable bonds is 4. The minimum atomic E-state index is 0.725. The van der Waals surface area contributed by atoms with Gasteiger partial charge >= 0.3 is 0 Å². The Labute approximate surface area is 116 Å². The van der Waals surface area contributed by atoms with Crippen LogP contribution >= 0.6 is 11.8 Å². The van der Waals surface area contributed by atoms with Gasteiger partial charge in [-0.15, -0.1) is 0 Å². The summed E-state index contributed by atoms with van der Waals surface area (Å²) in [4.78, 5) is 0. The first-order chi connectivity index (χ1) is 8.60. The molecule has 0 aliphatic heterocycles. The fourth-order valence-corrected chi connectivity index (χ4v) is 3.87. The van der Waals surface area contributed by atoms with Crippen LogP contribution in [0.1, 0.15) is 41.5 Å². The van der Waals surface area contributed by atoms with E-state index in [1.54, 1.807) is 0 Å². The van der Waals surface area contributed by atoms with Gasteiger partial charge in [0.25, 0.3) is 0 Å². The molecule has 2 atom stereocenters. The summed E-state index contributed by atoms with van der Waals surface area (Å²) >= 11 is 2.03. The second-order valence-electron chi connectivity index (χ2n) is 5.63. The summed E-state index contributed by atoms with van der Waals surface area (Å²) in [5.41, 5.74) is 5.73. The highest BCUT2D eigenvalue weighted by Gasteiger charge is 2.23.